The lowest BCUT2D eigenvalue weighted by Gasteiger charge is -2.40. The van der Waals surface area contributed by atoms with E-state index in [4.69, 9.17) is 10.5 Å². The van der Waals surface area contributed by atoms with Crippen molar-refractivity contribution in [1.29, 1.82) is 0 Å². The van der Waals surface area contributed by atoms with Crippen LogP contribution in [0.5, 0.6) is 0 Å². The van der Waals surface area contributed by atoms with Crippen molar-refractivity contribution in [2.24, 2.45) is 11.7 Å². The lowest BCUT2D eigenvalue weighted by Crippen LogP contribution is -2.51. The molecule has 1 saturated carbocycles. The number of ether oxygens (including phenoxy) is 1. The molecule has 2 aliphatic rings. The van der Waals surface area contributed by atoms with E-state index in [1.54, 1.807) is 4.90 Å². The summed E-state index contributed by atoms with van der Waals surface area (Å²) in [4.78, 5) is 13.5. The summed E-state index contributed by atoms with van der Waals surface area (Å²) in [7, 11) is 0. The molecular formula is C13H24N2O2. The van der Waals surface area contributed by atoms with Gasteiger partial charge in [-0.15, -0.1) is 0 Å². The zero-order valence-electron chi connectivity index (χ0n) is 11.2. The van der Waals surface area contributed by atoms with Gasteiger partial charge in [0.25, 0.3) is 0 Å². The van der Waals surface area contributed by atoms with Crippen LogP contribution in [0.3, 0.4) is 0 Å². The van der Waals surface area contributed by atoms with Gasteiger partial charge in [-0.25, -0.2) is 4.79 Å². The number of hydrogen-bond acceptors (Lipinski definition) is 3. The summed E-state index contributed by atoms with van der Waals surface area (Å²) in [6.45, 7) is 7.37. The molecule has 4 nitrogen and oxygen atoms in total. The van der Waals surface area contributed by atoms with Crippen molar-refractivity contribution in [1.82, 2.24) is 4.90 Å². The van der Waals surface area contributed by atoms with Crippen molar-refractivity contribution >= 4 is 6.09 Å². The van der Waals surface area contributed by atoms with Gasteiger partial charge in [0, 0.05) is 18.6 Å². The van der Waals surface area contributed by atoms with Gasteiger partial charge in [-0.3, -0.25) is 0 Å². The van der Waals surface area contributed by atoms with E-state index in [2.05, 4.69) is 0 Å². The second-order valence-electron chi connectivity index (χ2n) is 6.65. The van der Waals surface area contributed by atoms with Crippen LogP contribution in [0.4, 0.5) is 4.79 Å². The van der Waals surface area contributed by atoms with E-state index >= 15 is 0 Å². The Bertz CT molecular complexity index is 299. The number of nitrogens with zero attached hydrogens (tertiary/aromatic N) is 1. The largest absolute Gasteiger partial charge is 0.444 e. The zero-order chi connectivity index (χ0) is 12.7. The molecule has 2 N–H and O–H groups in total. The number of nitrogens with two attached hydrogens (primary N) is 1. The Hall–Kier alpha value is -0.770. The minimum absolute atomic E-state index is 0.145. The van der Waals surface area contributed by atoms with Crippen molar-refractivity contribution in [3.63, 3.8) is 0 Å². The highest BCUT2D eigenvalue weighted by atomic mass is 16.6. The third kappa shape index (κ3) is 3.60. The number of rotatable bonds is 3. The van der Waals surface area contributed by atoms with Crippen LogP contribution >= 0.6 is 0 Å². The van der Waals surface area contributed by atoms with E-state index < -0.39 is 5.60 Å². The molecule has 1 saturated heterocycles. The minimum Gasteiger partial charge on any atom is -0.444 e. The molecule has 1 amide bonds. The van der Waals surface area contributed by atoms with E-state index in [9.17, 15) is 4.79 Å². The highest BCUT2D eigenvalue weighted by molar-refractivity contribution is 5.69. The quantitative estimate of drug-likeness (QED) is 0.822. The van der Waals surface area contributed by atoms with E-state index in [1.165, 1.54) is 12.8 Å². The third-order valence-electron chi connectivity index (χ3n) is 3.55. The van der Waals surface area contributed by atoms with Crippen LogP contribution in [0.25, 0.3) is 0 Å². The number of likely N-dealkylation sites (tertiary alicyclic amines) is 1. The van der Waals surface area contributed by atoms with E-state index in [1.807, 2.05) is 20.8 Å². The summed E-state index contributed by atoms with van der Waals surface area (Å²) < 4.78 is 5.31. The molecule has 0 aromatic rings. The van der Waals surface area contributed by atoms with Crippen molar-refractivity contribution in [3.8, 4) is 0 Å². The molecule has 0 bridgehead atoms. The maximum atomic E-state index is 11.7. The van der Waals surface area contributed by atoms with Gasteiger partial charge in [0.2, 0.25) is 0 Å². The molecular weight excluding hydrogens is 216 g/mol. The Morgan fingerprint density at radius 2 is 2.00 bits per heavy atom. The molecule has 98 valence electrons. The van der Waals surface area contributed by atoms with Crippen LogP contribution in [0.15, 0.2) is 0 Å². The van der Waals surface area contributed by atoms with Crippen molar-refractivity contribution in [2.45, 2.75) is 57.6 Å². The monoisotopic (exact) mass is 240 g/mol. The predicted molar refractivity (Wildman–Crippen MR) is 66.7 cm³/mol. The molecule has 0 aromatic heterocycles. The topological polar surface area (TPSA) is 55.6 Å². The van der Waals surface area contributed by atoms with E-state index in [0.717, 1.165) is 25.9 Å². The molecule has 2 rings (SSSR count). The molecule has 1 heterocycles. The SMILES string of the molecule is CC(C)(C)OC(=O)N1CC(CCC2(N)CC2)C1. The van der Waals surface area contributed by atoms with Gasteiger partial charge in [0.15, 0.2) is 0 Å². The molecule has 1 aliphatic carbocycles. The fourth-order valence-corrected chi connectivity index (χ4v) is 2.13. The molecule has 0 radical (unpaired) electrons. The fourth-order valence-electron chi connectivity index (χ4n) is 2.13. The van der Waals surface area contributed by atoms with Crippen LogP contribution in [0.2, 0.25) is 0 Å². The van der Waals surface area contributed by atoms with Gasteiger partial charge >= 0.3 is 6.09 Å². The summed E-state index contributed by atoms with van der Waals surface area (Å²) in [5.41, 5.74) is 5.80. The second-order valence-corrected chi connectivity index (χ2v) is 6.65. The molecule has 4 heteroatoms. The number of hydrogen-bond donors (Lipinski definition) is 1. The van der Waals surface area contributed by atoms with Crippen LogP contribution in [-0.2, 0) is 4.74 Å². The summed E-state index contributed by atoms with van der Waals surface area (Å²) >= 11 is 0. The molecule has 0 aromatic carbocycles. The highest BCUT2D eigenvalue weighted by Crippen LogP contribution is 2.38. The molecule has 0 spiro atoms. The summed E-state index contributed by atoms with van der Waals surface area (Å²) in [5.74, 6) is 0.628. The Morgan fingerprint density at radius 3 is 2.47 bits per heavy atom. The van der Waals surface area contributed by atoms with Crippen LogP contribution in [-0.4, -0.2) is 35.2 Å². The Morgan fingerprint density at radius 1 is 1.41 bits per heavy atom. The van der Waals surface area contributed by atoms with Gasteiger partial charge < -0.3 is 15.4 Å². The Kier molecular flexibility index (Phi) is 3.10. The molecule has 17 heavy (non-hydrogen) atoms. The Balaban J connectivity index is 1.63. The fraction of sp³-hybridized carbons (Fsp3) is 0.923. The molecule has 0 unspecified atom stereocenters. The second kappa shape index (κ2) is 4.16. The van der Waals surface area contributed by atoms with Crippen LogP contribution in [0.1, 0.15) is 46.5 Å². The lowest BCUT2D eigenvalue weighted by molar-refractivity contribution is -0.00262. The normalized spacial score (nSPS) is 23.2. The lowest BCUT2D eigenvalue weighted by atomic mass is 9.92. The minimum atomic E-state index is -0.391. The van der Waals surface area contributed by atoms with E-state index in [0.29, 0.717) is 5.92 Å². The van der Waals surface area contributed by atoms with Gasteiger partial charge in [0.05, 0.1) is 0 Å². The first-order valence-electron chi connectivity index (χ1n) is 6.54. The number of amides is 1. The smallest absolute Gasteiger partial charge is 0.410 e. The van der Waals surface area contributed by atoms with Crippen LogP contribution in [0, 0.1) is 5.92 Å². The summed E-state index contributed by atoms with van der Waals surface area (Å²) in [6, 6.07) is 0. The summed E-state index contributed by atoms with van der Waals surface area (Å²) in [5, 5.41) is 0. The number of carbonyl (C=O) groups is 1. The van der Waals surface area contributed by atoms with Crippen LogP contribution < -0.4 is 5.73 Å². The van der Waals surface area contributed by atoms with Crippen molar-refractivity contribution < 1.29 is 9.53 Å². The summed E-state index contributed by atoms with van der Waals surface area (Å²) in [6.07, 6.45) is 4.43. The molecule has 1 aliphatic heterocycles. The molecule has 2 fully saturated rings. The Labute approximate surface area is 103 Å². The predicted octanol–water partition coefficient (Wildman–Crippen LogP) is 2.12. The number of carbonyl (C=O) groups excluding carboxylic acids is 1. The first kappa shape index (κ1) is 12.7. The average Bonchev–Trinajstić information content (AvgIpc) is 2.77. The maximum absolute atomic E-state index is 11.7. The van der Waals surface area contributed by atoms with Crippen molar-refractivity contribution in [2.75, 3.05) is 13.1 Å². The standard InChI is InChI=1S/C13H24N2O2/c1-12(2,3)17-11(16)15-8-10(9-15)4-5-13(14)6-7-13/h10H,4-9,14H2,1-3H3. The molecule has 0 atom stereocenters. The van der Waals surface area contributed by atoms with Gasteiger partial charge in [-0.2, -0.15) is 0 Å². The average molecular weight is 240 g/mol. The van der Waals surface area contributed by atoms with Gasteiger partial charge in [-0.05, 0) is 52.4 Å². The maximum Gasteiger partial charge on any atom is 0.410 e. The first-order valence-corrected chi connectivity index (χ1v) is 6.54. The van der Waals surface area contributed by atoms with Crippen molar-refractivity contribution in [3.05, 3.63) is 0 Å². The highest BCUT2D eigenvalue weighted by Gasteiger charge is 2.40. The third-order valence-corrected chi connectivity index (χ3v) is 3.55. The van der Waals surface area contributed by atoms with E-state index in [-0.39, 0.29) is 11.6 Å². The zero-order valence-corrected chi connectivity index (χ0v) is 11.2. The van der Waals surface area contributed by atoms with Gasteiger partial charge in [-0.1, -0.05) is 0 Å². The first-order chi connectivity index (χ1) is 7.77. The van der Waals surface area contributed by atoms with Gasteiger partial charge in [0.1, 0.15) is 5.60 Å².